The number of nitrogens with one attached hydrogen (secondary N) is 3. The third-order valence-corrected chi connectivity index (χ3v) is 4.06. The average molecular weight is 388 g/mol. The summed E-state index contributed by atoms with van der Waals surface area (Å²) in [5.41, 5.74) is 0.367. The van der Waals surface area contributed by atoms with Crippen molar-refractivity contribution in [1.82, 2.24) is 20.6 Å². The van der Waals surface area contributed by atoms with Gasteiger partial charge in [-0.1, -0.05) is 19.1 Å². The molecule has 1 aromatic carbocycles. The van der Waals surface area contributed by atoms with Crippen molar-refractivity contribution in [3.8, 4) is 0 Å². The summed E-state index contributed by atoms with van der Waals surface area (Å²) in [6.45, 7) is 3.18. The lowest BCUT2D eigenvalue weighted by Gasteiger charge is -2.11. The van der Waals surface area contributed by atoms with Crippen molar-refractivity contribution in [2.75, 3.05) is 6.61 Å². The molecule has 28 heavy (non-hydrogen) atoms. The van der Waals surface area contributed by atoms with Gasteiger partial charge in [0.15, 0.2) is 6.61 Å². The number of aryl methyl sites for hydroxylation is 1. The molecular formula is C19H24N4O5. The largest absolute Gasteiger partial charge is 0.456 e. The maximum Gasteiger partial charge on any atom is 0.321 e. The number of nitrogens with zero attached hydrogens (tertiary/aromatic N) is 1. The number of para-hydroxylation sites is 1. The van der Waals surface area contributed by atoms with E-state index in [0.717, 1.165) is 6.42 Å². The summed E-state index contributed by atoms with van der Waals surface area (Å²) < 4.78 is 4.84. The summed E-state index contributed by atoms with van der Waals surface area (Å²) in [6.07, 6.45) is 1.58. The molecule has 0 aliphatic rings. The Bertz CT molecular complexity index is 909. The molecule has 1 heterocycles. The topological polar surface area (TPSA) is 130 Å². The Morgan fingerprint density at radius 2 is 2.00 bits per heavy atom. The Kier molecular flexibility index (Phi) is 7.67. The summed E-state index contributed by atoms with van der Waals surface area (Å²) in [5, 5.41) is 5.17. The molecule has 0 unspecified atom stereocenters. The van der Waals surface area contributed by atoms with Gasteiger partial charge in [0.2, 0.25) is 0 Å². The minimum absolute atomic E-state index is 0.0584. The number of ether oxygens (including phenoxy) is 1. The fraction of sp³-hybridized carbons (Fsp3) is 0.421. The number of esters is 1. The Morgan fingerprint density at radius 3 is 2.75 bits per heavy atom. The van der Waals surface area contributed by atoms with Crippen molar-refractivity contribution in [3.63, 3.8) is 0 Å². The molecule has 0 aliphatic heterocycles. The van der Waals surface area contributed by atoms with Crippen LogP contribution in [0.2, 0.25) is 0 Å². The molecule has 150 valence electrons. The number of carbonyl (C=O) groups is 3. The molecule has 1 aromatic heterocycles. The first-order valence-corrected chi connectivity index (χ1v) is 9.13. The van der Waals surface area contributed by atoms with Gasteiger partial charge < -0.3 is 15.0 Å². The fourth-order valence-electron chi connectivity index (χ4n) is 2.40. The van der Waals surface area contributed by atoms with Crippen LogP contribution in [0.15, 0.2) is 29.1 Å². The van der Waals surface area contributed by atoms with Crippen molar-refractivity contribution in [2.24, 2.45) is 0 Å². The highest BCUT2D eigenvalue weighted by Crippen LogP contribution is 2.07. The lowest BCUT2D eigenvalue weighted by molar-refractivity contribution is -0.148. The van der Waals surface area contributed by atoms with E-state index in [1.54, 1.807) is 24.3 Å². The van der Waals surface area contributed by atoms with E-state index in [1.807, 2.05) is 13.8 Å². The van der Waals surface area contributed by atoms with E-state index in [2.05, 4.69) is 20.6 Å². The zero-order chi connectivity index (χ0) is 20.5. The van der Waals surface area contributed by atoms with Crippen molar-refractivity contribution < 1.29 is 19.1 Å². The molecule has 1 atom stereocenters. The third-order valence-electron chi connectivity index (χ3n) is 4.06. The molecule has 2 aromatic rings. The maximum atomic E-state index is 12.0. The number of aromatic amines is 1. The quantitative estimate of drug-likeness (QED) is 0.586. The minimum Gasteiger partial charge on any atom is -0.456 e. The molecule has 9 heteroatoms. The van der Waals surface area contributed by atoms with Crippen LogP contribution in [0.25, 0.3) is 10.9 Å². The number of hydrogen-bond acceptors (Lipinski definition) is 6. The number of H-pyrrole nitrogens is 1. The van der Waals surface area contributed by atoms with Crippen molar-refractivity contribution in [1.29, 1.82) is 0 Å². The van der Waals surface area contributed by atoms with Crippen LogP contribution in [0.3, 0.4) is 0 Å². The molecule has 0 fully saturated rings. The van der Waals surface area contributed by atoms with Crippen LogP contribution in [0.5, 0.6) is 0 Å². The van der Waals surface area contributed by atoms with Crippen LogP contribution in [0.4, 0.5) is 4.79 Å². The summed E-state index contributed by atoms with van der Waals surface area (Å²) in [6, 6.07) is 6.31. The van der Waals surface area contributed by atoms with Gasteiger partial charge in [-0.15, -0.1) is 0 Å². The van der Waals surface area contributed by atoms with Crippen molar-refractivity contribution in [2.45, 2.75) is 45.6 Å². The Balaban J connectivity index is 1.72. The summed E-state index contributed by atoms with van der Waals surface area (Å²) >= 11 is 0. The van der Waals surface area contributed by atoms with Crippen LogP contribution in [-0.4, -0.2) is 40.5 Å². The standard InChI is InChI=1S/C19H24N4O5/c1-3-12(2)20-19(27)23-16(24)11-28-17(25)10-6-9-15-21-14-8-5-4-7-13(14)18(26)22-15/h4-5,7-8,12H,3,6,9-11H2,1-2H3,(H,21,22,26)(H2,20,23,24,27)/t12-/m1/s1. The molecule has 0 bridgehead atoms. The Labute approximate surface area is 161 Å². The van der Waals surface area contributed by atoms with E-state index in [-0.39, 0.29) is 18.0 Å². The van der Waals surface area contributed by atoms with E-state index in [1.165, 1.54) is 0 Å². The normalized spacial score (nSPS) is 11.6. The predicted octanol–water partition coefficient (Wildman–Crippen LogP) is 1.41. The molecule has 0 spiro atoms. The number of rotatable bonds is 8. The maximum absolute atomic E-state index is 12.0. The number of carbonyl (C=O) groups excluding carboxylic acids is 3. The van der Waals surface area contributed by atoms with Gasteiger partial charge in [-0.25, -0.2) is 9.78 Å². The van der Waals surface area contributed by atoms with Crippen LogP contribution in [-0.2, 0) is 20.7 Å². The monoisotopic (exact) mass is 388 g/mol. The number of hydrogen-bond donors (Lipinski definition) is 3. The summed E-state index contributed by atoms with van der Waals surface area (Å²) in [7, 11) is 0. The second kappa shape index (κ2) is 10.2. The van der Waals surface area contributed by atoms with Crippen LogP contribution in [0.1, 0.15) is 38.9 Å². The Morgan fingerprint density at radius 1 is 1.25 bits per heavy atom. The fourth-order valence-corrected chi connectivity index (χ4v) is 2.40. The lowest BCUT2D eigenvalue weighted by Crippen LogP contribution is -2.44. The number of fused-ring (bicyclic) bond motifs is 1. The van der Waals surface area contributed by atoms with Gasteiger partial charge in [0.25, 0.3) is 11.5 Å². The Hall–Kier alpha value is -3.23. The molecule has 0 aliphatic carbocycles. The first kappa shape index (κ1) is 21.1. The lowest BCUT2D eigenvalue weighted by atomic mass is 10.2. The van der Waals surface area contributed by atoms with Crippen LogP contribution in [0, 0.1) is 0 Å². The van der Waals surface area contributed by atoms with Gasteiger partial charge in [0.1, 0.15) is 5.82 Å². The minimum atomic E-state index is -0.699. The van der Waals surface area contributed by atoms with E-state index in [0.29, 0.717) is 29.6 Å². The summed E-state index contributed by atoms with van der Waals surface area (Å²) in [4.78, 5) is 53.8. The van der Waals surface area contributed by atoms with Crippen molar-refractivity contribution in [3.05, 3.63) is 40.4 Å². The zero-order valence-corrected chi connectivity index (χ0v) is 15.9. The number of aromatic nitrogens is 2. The van der Waals surface area contributed by atoms with E-state index in [4.69, 9.17) is 4.74 Å². The average Bonchev–Trinajstić information content (AvgIpc) is 2.66. The molecule has 0 radical (unpaired) electrons. The molecule has 3 N–H and O–H groups in total. The SMILES string of the molecule is CC[C@@H](C)NC(=O)NC(=O)COC(=O)CCCc1nc2ccccc2c(=O)[nH]1. The molecule has 0 saturated heterocycles. The van der Waals surface area contributed by atoms with E-state index in [9.17, 15) is 19.2 Å². The van der Waals surface area contributed by atoms with Crippen molar-refractivity contribution >= 4 is 28.8 Å². The molecule has 9 nitrogen and oxygen atoms in total. The number of imide groups is 1. The predicted molar refractivity (Wildman–Crippen MR) is 103 cm³/mol. The molecule has 3 amide bonds. The number of urea groups is 1. The van der Waals surface area contributed by atoms with Gasteiger partial charge in [-0.2, -0.15) is 0 Å². The molecular weight excluding hydrogens is 364 g/mol. The van der Waals surface area contributed by atoms with Gasteiger partial charge >= 0.3 is 12.0 Å². The van der Waals surface area contributed by atoms with Gasteiger partial charge in [-0.3, -0.25) is 19.7 Å². The van der Waals surface area contributed by atoms with Gasteiger partial charge in [-0.05, 0) is 31.9 Å². The highest BCUT2D eigenvalue weighted by atomic mass is 16.5. The molecule has 0 saturated carbocycles. The highest BCUT2D eigenvalue weighted by Gasteiger charge is 2.12. The second-order valence-corrected chi connectivity index (χ2v) is 6.37. The van der Waals surface area contributed by atoms with Crippen LogP contribution >= 0.6 is 0 Å². The van der Waals surface area contributed by atoms with E-state index < -0.39 is 24.5 Å². The van der Waals surface area contributed by atoms with Crippen LogP contribution < -0.4 is 16.2 Å². The first-order chi connectivity index (χ1) is 13.4. The van der Waals surface area contributed by atoms with Gasteiger partial charge in [0, 0.05) is 18.9 Å². The highest BCUT2D eigenvalue weighted by molar-refractivity contribution is 5.95. The number of benzene rings is 1. The smallest absolute Gasteiger partial charge is 0.321 e. The number of amides is 3. The zero-order valence-electron chi connectivity index (χ0n) is 15.9. The molecule has 2 rings (SSSR count). The van der Waals surface area contributed by atoms with E-state index >= 15 is 0 Å². The third kappa shape index (κ3) is 6.49. The second-order valence-electron chi connectivity index (χ2n) is 6.37. The van der Waals surface area contributed by atoms with Gasteiger partial charge in [0.05, 0.1) is 10.9 Å². The first-order valence-electron chi connectivity index (χ1n) is 9.13. The summed E-state index contributed by atoms with van der Waals surface area (Å²) in [5.74, 6) is -0.786.